The molecule has 0 unspecified atom stereocenters. The first-order valence-electron chi connectivity index (χ1n) is 5.78. The van der Waals surface area contributed by atoms with E-state index in [4.69, 9.17) is 0 Å². The number of hydrogen-bond donors (Lipinski definition) is 1. The van der Waals surface area contributed by atoms with Crippen LogP contribution in [0.25, 0.3) is 0 Å². The van der Waals surface area contributed by atoms with E-state index in [9.17, 15) is 0 Å². The lowest BCUT2D eigenvalue weighted by atomic mass is 10.3. The first kappa shape index (κ1) is 12.0. The summed E-state index contributed by atoms with van der Waals surface area (Å²) in [6, 6.07) is 6.33. The molecule has 1 N–H and O–H groups in total. The third kappa shape index (κ3) is 3.20. The maximum atomic E-state index is 3.35. The molecule has 0 saturated carbocycles. The zero-order valence-electron chi connectivity index (χ0n) is 10.0. The Morgan fingerprint density at radius 1 is 1.20 bits per heavy atom. The second kappa shape index (κ2) is 6.40. The first-order valence-corrected chi connectivity index (χ1v) is 5.78. The van der Waals surface area contributed by atoms with E-state index in [1.807, 2.05) is 13.8 Å². The summed E-state index contributed by atoms with van der Waals surface area (Å²) >= 11 is 0. The molecule has 0 radical (unpaired) electrons. The molecule has 1 fully saturated rings. The zero-order chi connectivity index (χ0) is 11.1. The van der Waals surface area contributed by atoms with Crippen LogP contribution in [0.2, 0.25) is 0 Å². The maximum absolute atomic E-state index is 3.35. The van der Waals surface area contributed by atoms with Crippen LogP contribution in [0.5, 0.6) is 0 Å². The van der Waals surface area contributed by atoms with Gasteiger partial charge in [0.15, 0.2) is 0 Å². The Bertz CT molecular complexity index is 280. The third-order valence-electron chi connectivity index (χ3n) is 2.47. The number of rotatable bonds is 1. The summed E-state index contributed by atoms with van der Waals surface area (Å²) in [6.07, 6.45) is 2.09. The van der Waals surface area contributed by atoms with Gasteiger partial charge in [0.25, 0.3) is 5.82 Å². The van der Waals surface area contributed by atoms with Gasteiger partial charge in [0.1, 0.15) is 0 Å². The van der Waals surface area contributed by atoms with Gasteiger partial charge in [-0.2, -0.15) is 0 Å². The Morgan fingerprint density at radius 3 is 2.47 bits per heavy atom. The van der Waals surface area contributed by atoms with Crippen LogP contribution in [0, 0.1) is 0 Å². The van der Waals surface area contributed by atoms with Crippen LogP contribution in [-0.4, -0.2) is 26.2 Å². The topological polar surface area (TPSA) is 19.1 Å². The second-order valence-corrected chi connectivity index (χ2v) is 3.41. The summed E-state index contributed by atoms with van der Waals surface area (Å²) in [6.45, 7) is 8.40. The molecule has 1 aromatic heterocycles. The molecular weight excluding hydrogens is 186 g/mol. The summed E-state index contributed by atoms with van der Waals surface area (Å²) in [5, 5.41) is 3.35. The van der Waals surface area contributed by atoms with Crippen molar-refractivity contribution in [1.29, 1.82) is 0 Å². The molecule has 3 nitrogen and oxygen atoms in total. The number of aromatic nitrogens is 1. The summed E-state index contributed by atoms with van der Waals surface area (Å²) < 4.78 is 2.17. The molecule has 0 spiro atoms. The van der Waals surface area contributed by atoms with E-state index < -0.39 is 0 Å². The lowest BCUT2D eigenvalue weighted by Gasteiger charge is -2.23. The molecule has 2 rings (SSSR count). The van der Waals surface area contributed by atoms with Crippen molar-refractivity contribution in [3.63, 3.8) is 0 Å². The normalized spacial score (nSPS) is 15.5. The smallest absolute Gasteiger partial charge is 0.276 e. The largest absolute Gasteiger partial charge is 0.309 e. The van der Waals surface area contributed by atoms with Gasteiger partial charge in [-0.15, -0.1) is 0 Å². The standard InChI is InChI=1S/C10H16N3.C2H6/c1-12-7-3-2-4-10(12)13-8-5-11-6-9-13;1-2/h2-4,7,11H,5-6,8-9H2,1H3;1-2H3/q+1;. The monoisotopic (exact) mass is 208 g/mol. The van der Waals surface area contributed by atoms with Crippen molar-refractivity contribution in [2.75, 3.05) is 31.1 Å². The van der Waals surface area contributed by atoms with Crippen LogP contribution in [0.15, 0.2) is 24.4 Å². The molecular formula is C12H22N3+. The van der Waals surface area contributed by atoms with Crippen LogP contribution < -0.4 is 14.8 Å². The van der Waals surface area contributed by atoms with Crippen LogP contribution in [0.1, 0.15) is 13.8 Å². The number of piperazine rings is 1. The summed E-state index contributed by atoms with van der Waals surface area (Å²) in [7, 11) is 2.09. The molecule has 1 saturated heterocycles. The number of nitrogens with one attached hydrogen (secondary N) is 1. The number of aryl methyl sites for hydroxylation is 1. The highest BCUT2D eigenvalue weighted by Gasteiger charge is 2.18. The molecule has 3 heteroatoms. The van der Waals surface area contributed by atoms with E-state index >= 15 is 0 Å². The predicted molar refractivity (Wildman–Crippen MR) is 64.0 cm³/mol. The van der Waals surface area contributed by atoms with Crippen molar-refractivity contribution in [1.82, 2.24) is 5.32 Å². The third-order valence-corrected chi connectivity index (χ3v) is 2.47. The highest BCUT2D eigenvalue weighted by Crippen LogP contribution is 2.06. The molecule has 1 aromatic rings. The van der Waals surface area contributed by atoms with Crippen molar-refractivity contribution in [2.45, 2.75) is 13.8 Å². The Hall–Kier alpha value is -1.09. The Morgan fingerprint density at radius 2 is 1.87 bits per heavy atom. The van der Waals surface area contributed by atoms with E-state index in [1.54, 1.807) is 0 Å². The Balaban J connectivity index is 0.000000531. The minimum absolute atomic E-state index is 1.09. The van der Waals surface area contributed by atoms with Gasteiger partial charge in [-0.3, -0.25) is 4.90 Å². The molecule has 84 valence electrons. The average Bonchev–Trinajstić information content (AvgIpc) is 2.33. The van der Waals surface area contributed by atoms with Gasteiger partial charge in [0.05, 0.1) is 26.3 Å². The number of pyridine rings is 1. The molecule has 0 amide bonds. The molecule has 0 atom stereocenters. The van der Waals surface area contributed by atoms with Crippen molar-refractivity contribution in [3.05, 3.63) is 24.4 Å². The van der Waals surface area contributed by atoms with Crippen molar-refractivity contribution in [2.24, 2.45) is 7.05 Å². The number of hydrogen-bond acceptors (Lipinski definition) is 2. The average molecular weight is 208 g/mol. The summed E-state index contributed by atoms with van der Waals surface area (Å²) in [5.41, 5.74) is 0. The van der Waals surface area contributed by atoms with Crippen LogP contribution in [0.4, 0.5) is 5.82 Å². The molecule has 15 heavy (non-hydrogen) atoms. The lowest BCUT2D eigenvalue weighted by Crippen LogP contribution is -2.48. The van der Waals surface area contributed by atoms with Gasteiger partial charge in [0.2, 0.25) is 0 Å². The van der Waals surface area contributed by atoms with E-state index in [0.29, 0.717) is 0 Å². The maximum Gasteiger partial charge on any atom is 0.276 e. The van der Waals surface area contributed by atoms with Crippen molar-refractivity contribution >= 4 is 5.82 Å². The van der Waals surface area contributed by atoms with Crippen LogP contribution in [0.3, 0.4) is 0 Å². The molecule has 1 aliphatic heterocycles. The molecule has 2 heterocycles. The minimum atomic E-state index is 1.09. The zero-order valence-corrected chi connectivity index (χ0v) is 10.0. The minimum Gasteiger partial charge on any atom is -0.309 e. The van der Waals surface area contributed by atoms with E-state index in [-0.39, 0.29) is 0 Å². The first-order chi connectivity index (χ1) is 7.38. The Labute approximate surface area is 92.7 Å². The molecule has 0 bridgehead atoms. The van der Waals surface area contributed by atoms with Crippen LogP contribution >= 0.6 is 0 Å². The van der Waals surface area contributed by atoms with E-state index in [1.165, 1.54) is 5.82 Å². The van der Waals surface area contributed by atoms with Gasteiger partial charge in [-0.05, 0) is 6.07 Å². The van der Waals surface area contributed by atoms with Crippen LogP contribution in [-0.2, 0) is 7.05 Å². The molecule has 0 aromatic carbocycles. The highest BCUT2D eigenvalue weighted by atomic mass is 15.3. The fraction of sp³-hybridized carbons (Fsp3) is 0.583. The fourth-order valence-corrected chi connectivity index (χ4v) is 1.74. The van der Waals surface area contributed by atoms with E-state index in [0.717, 1.165) is 26.2 Å². The SMILES string of the molecule is CC.C[n+]1ccccc1N1CCNCC1. The van der Waals surface area contributed by atoms with Crippen molar-refractivity contribution < 1.29 is 4.57 Å². The van der Waals surface area contributed by atoms with Gasteiger partial charge in [0, 0.05) is 19.2 Å². The number of nitrogens with zero attached hydrogens (tertiary/aromatic N) is 2. The van der Waals surface area contributed by atoms with Gasteiger partial charge >= 0.3 is 0 Å². The molecule has 1 aliphatic rings. The van der Waals surface area contributed by atoms with Gasteiger partial charge in [-0.25, -0.2) is 4.57 Å². The van der Waals surface area contributed by atoms with E-state index in [2.05, 4.69) is 46.2 Å². The summed E-state index contributed by atoms with van der Waals surface area (Å²) in [4.78, 5) is 2.41. The fourth-order valence-electron chi connectivity index (χ4n) is 1.74. The summed E-state index contributed by atoms with van der Waals surface area (Å²) in [5.74, 6) is 1.31. The number of anilines is 1. The van der Waals surface area contributed by atoms with Gasteiger partial charge < -0.3 is 5.32 Å². The van der Waals surface area contributed by atoms with Crippen molar-refractivity contribution in [3.8, 4) is 0 Å². The predicted octanol–water partition coefficient (Wildman–Crippen LogP) is 0.947. The quantitative estimate of drug-likeness (QED) is 0.693. The molecule has 0 aliphatic carbocycles. The van der Waals surface area contributed by atoms with Gasteiger partial charge in [-0.1, -0.05) is 19.9 Å². The Kier molecular flexibility index (Phi) is 5.12. The lowest BCUT2D eigenvalue weighted by molar-refractivity contribution is -0.659. The second-order valence-electron chi connectivity index (χ2n) is 3.41. The highest BCUT2D eigenvalue weighted by molar-refractivity contribution is 5.32.